The molecule has 1 amide bonds. The van der Waals surface area contributed by atoms with Gasteiger partial charge >= 0.3 is 5.97 Å². The molecule has 26 heavy (non-hydrogen) atoms. The lowest BCUT2D eigenvalue weighted by Gasteiger charge is -2.23. The average Bonchev–Trinajstić information content (AvgIpc) is 3.23. The predicted molar refractivity (Wildman–Crippen MR) is 94.2 cm³/mol. The maximum Gasteiger partial charge on any atom is 0.331 e. The first-order valence-corrected chi connectivity index (χ1v) is 8.67. The number of aryl methyl sites for hydroxylation is 1. The van der Waals surface area contributed by atoms with Gasteiger partial charge in [0.2, 0.25) is 5.91 Å². The van der Waals surface area contributed by atoms with Crippen LogP contribution in [0.25, 0.3) is 11.3 Å². The summed E-state index contributed by atoms with van der Waals surface area (Å²) in [5, 5.41) is 12.8. The van der Waals surface area contributed by atoms with E-state index in [0.29, 0.717) is 33.9 Å². The van der Waals surface area contributed by atoms with Crippen LogP contribution in [0.15, 0.2) is 28.8 Å². The van der Waals surface area contributed by atoms with E-state index >= 15 is 0 Å². The summed E-state index contributed by atoms with van der Waals surface area (Å²) in [6, 6.07) is 5.01. The Labute approximate surface area is 159 Å². The molecule has 138 valence electrons. The number of ether oxygens (including phenoxy) is 1. The highest BCUT2D eigenvalue weighted by molar-refractivity contribution is 6.36. The molecule has 1 saturated heterocycles. The van der Waals surface area contributed by atoms with Gasteiger partial charge in [0.25, 0.3) is 0 Å². The summed E-state index contributed by atoms with van der Waals surface area (Å²) in [4.78, 5) is 27.7. The Balaban J connectivity index is 1.61. The number of nitrogens with one attached hydrogen (secondary N) is 1. The fraction of sp³-hybridized carbons (Fsp3) is 0.353. The van der Waals surface area contributed by atoms with Gasteiger partial charge in [-0.25, -0.2) is 9.78 Å². The number of carbonyl (C=O) groups excluding carboxylic acids is 1. The number of nitrogens with zero attached hydrogens (tertiary/aromatic N) is 1. The lowest BCUT2D eigenvalue weighted by atomic mass is 9.98. The van der Waals surface area contributed by atoms with Crippen LogP contribution in [0.3, 0.4) is 0 Å². The molecule has 0 saturated carbocycles. The van der Waals surface area contributed by atoms with Crippen molar-refractivity contribution < 1.29 is 23.8 Å². The van der Waals surface area contributed by atoms with Gasteiger partial charge in [-0.05, 0) is 18.2 Å². The Hall–Kier alpha value is -2.09. The quantitative estimate of drug-likeness (QED) is 0.775. The number of carboxylic acids is 1. The molecule has 7 nitrogen and oxygen atoms in total. The SMILES string of the molecule is O=C(CCc1ncc(-c2ccc(Cl)cc2Cl)o1)NC1(C(=O)O)CCOC1. The molecule has 9 heteroatoms. The Morgan fingerprint density at radius 3 is 2.81 bits per heavy atom. The lowest BCUT2D eigenvalue weighted by molar-refractivity contribution is -0.147. The third-order valence-corrected chi connectivity index (χ3v) is 4.67. The molecular formula is C17H16Cl2N2O5. The van der Waals surface area contributed by atoms with Crippen LogP contribution in [0.1, 0.15) is 18.7 Å². The van der Waals surface area contributed by atoms with E-state index in [2.05, 4.69) is 10.3 Å². The topological polar surface area (TPSA) is 102 Å². The number of hydrogen-bond donors (Lipinski definition) is 2. The standard InChI is InChI=1S/C17H16Cl2N2O5/c18-10-1-2-11(12(19)7-10)13-8-20-15(26-13)4-3-14(22)21-17(16(23)24)5-6-25-9-17/h1-2,7-8H,3-6,9H2,(H,21,22)(H,23,24). The molecule has 1 fully saturated rings. The van der Waals surface area contributed by atoms with Gasteiger partial charge < -0.3 is 19.6 Å². The van der Waals surface area contributed by atoms with Gasteiger partial charge in [-0.2, -0.15) is 0 Å². The van der Waals surface area contributed by atoms with E-state index in [4.69, 9.17) is 32.4 Å². The summed E-state index contributed by atoms with van der Waals surface area (Å²) in [6.45, 7) is 0.268. The van der Waals surface area contributed by atoms with Crippen molar-refractivity contribution in [2.45, 2.75) is 24.8 Å². The van der Waals surface area contributed by atoms with Crippen molar-refractivity contribution in [1.29, 1.82) is 0 Å². The fourth-order valence-corrected chi connectivity index (χ4v) is 3.18. The van der Waals surface area contributed by atoms with E-state index in [0.717, 1.165) is 0 Å². The average molecular weight is 399 g/mol. The van der Waals surface area contributed by atoms with Crippen molar-refractivity contribution >= 4 is 35.1 Å². The Kier molecular flexibility index (Phi) is 5.50. The minimum Gasteiger partial charge on any atom is -0.479 e. The van der Waals surface area contributed by atoms with Crippen molar-refractivity contribution in [2.24, 2.45) is 0 Å². The van der Waals surface area contributed by atoms with Gasteiger partial charge in [-0.1, -0.05) is 23.2 Å². The Morgan fingerprint density at radius 2 is 2.15 bits per heavy atom. The molecule has 1 aliphatic rings. The van der Waals surface area contributed by atoms with Gasteiger partial charge in [0.05, 0.1) is 17.8 Å². The molecule has 1 unspecified atom stereocenters. The van der Waals surface area contributed by atoms with Crippen LogP contribution in [0, 0.1) is 0 Å². The molecule has 3 rings (SSSR count). The first-order valence-electron chi connectivity index (χ1n) is 7.92. The lowest BCUT2D eigenvalue weighted by Crippen LogP contribution is -2.55. The van der Waals surface area contributed by atoms with Crippen LogP contribution in [-0.2, 0) is 20.7 Å². The predicted octanol–water partition coefficient (Wildman–Crippen LogP) is 2.94. The van der Waals surface area contributed by atoms with E-state index in [1.165, 1.54) is 6.20 Å². The maximum atomic E-state index is 12.1. The summed E-state index contributed by atoms with van der Waals surface area (Å²) in [6.07, 6.45) is 2.04. The first kappa shape index (κ1) is 18.7. The number of oxazole rings is 1. The van der Waals surface area contributed by atoms with Gasteiger partial charge in [0.1, 0.15) is 0 Å². The number of rotatable bonds is 6. The van der Waals surface area contributed by atoms with Gasteiger partial charge in [0.15, 0.2) is 17.2 Å². The normalized spacial score (nSPS) is 19.5. The molecule has 2 heterocycles. The van der Waals surface area contributed by atoms with E-state index in [1.807, 2.05) is 0 Å². The van der Waals surface area contributed by atoms with Crippen LogP contribution < -0.4 is 5.32 Å². The molecule has 1 aliphatic heterocycles. The second-order valence-electron chi connectivity index (χ2n) is 5.98. The van der Waals surface area contributed by atoms with Gasteiger partial charge in [-0.15, -0.1) is 0 Å². The summed E-state index contributed by atoms with van der Waals surface area (Å²) in [5.74, 6) is -0.678. The minimum atomic E-state index is -1.35. The van der Waals surface area contributed by atoms with E-state index in [1.54, 1.807) is 18.2 Å². The molecule has 0 radical (unpaired) electrons. The number of halogens is 2. The highest BCUT2D eigenvalue weighted by atomic mass is 35.5. The van der Waals surface area contributed by atoms with E-state index in [-0.39, 0.29) is 25.9 Å². The number of carboxylic acid groups (broad SMARTS) is 1. The summed E-state index contributed by atoms with van der Waals surface area (Å²) < 4.78 is 10.7. The number of benzene rings is 1. The van der Waals surface area contributed by atoms with Crippen molar-refractivity contribution in [3.05, 3.63) is 40.3 Å². The van der Waals surface area contributed by atoms with Crippen LogP contribution in [0.2, 0.25) is 10.0 Å². The third-order valence-electron chi connectivity index (χ3n) is 4.13. The monoisotopic (exact) mass is 398 g/mol. The Bertz CT molecular complexity index is 830. The first-order chi connectivity index (χ1) is 12.4. The van der Waals surface area contributed by atoms with Crippen LogP contribution in [0.5, 0.6) is 0 Å². The van der Waals surface area contributed by atoms with Crippen molar-refractivity contribution in [2.75, 3.05) is 13.2 Å². The molecule has 2 aromatic rings. The number of amides is 1. The molecule has 1 aromatic carbocycles. The van der Waals surface area contributed by atoms with E-state index < -0.39 is 17.4 Å². The molecule has 1 atom stereocenters. The second-order valence-corrected chi connectivity index (χ2v) is 6.82. The molecule has 0 spiro atoms. The van der Waals surface area contributed by atoms with E-state index in [9.17, 15) is 14.7 Å². The fourth-order valence-electron chi connectivity index (χ4n) is 2.68. The summed E-state index contributed by atoms with van der Waals surface area (Å²) in [5.41, 5.74) is -0.706. The van der Waals surface area contributed by atoms with Crippen LogP contribution >= 0.6 is 23.2 Å². The largest absolute Gasteiger partial charge is 0.479 e. The number of hydrogen-bond acceptors (Lipinski definition) is 5. The molecule has 0 bridgehead atoms. The van der Waals surface area contributed by atoms with Crippen molar-refractivity contribution in [3.8, 4) is 11.3 Å². The zero-order chi connectivity index (χ0) is 18.7. The van der Waals surface area contributed by atoms with Gasteiger partial charge in [0, 0.05) is 36.5 Å². The summed E-state index contributed by atoms with van der Waals surface area (Å²) in [7, 11) is 0. The second kappa shape index (κ2) is 7.65. The number of carbonyl (C=O) groups is 2. The molecule has 0 aliphatic carbocycles. The zero-order valence-electron chi connectivity index (χ0n) is 13.6. The van der Waals surface area contributed by atoms with Crippen molar-refractivity contribution in [3.63, 3.8) is 0 Å². The zero-order valence-corrected chi connectivity index (χ0v) is 15.1. The van der Waals surface area contributed by atoms with Gasteiger partial charge in [-0.3, -0.25) is 4.79 Å². The minimum absolute atomic E-state index is 0.0354. The summed E-state index contributed by atoms with van der Waals surface area (Å²) >= 11 is 12.0. The third kappa shape index (κ3) is 4.00. The van der Waals surface area contributed by atoms with Crippen LogP contribution in [-0.4, -0.2) is 40.7 Å². The molecule has 2 N–H and O–H groups in total. The molecular weight excluding hydrogens is 383 g/mol. The highest BCUT2D eigenvalue weighted by Crippen LogP contribution is 2.30. The van der Waals surface area contributed by atoms with Crippen molar-refractivity contribution in [1.82, 2.24) is 10.3 Å². The molecule has 1 aromatic heterocycles. The number of aromatic nitrogens is 1. The smallest absolute Gasteiger partial charge is 0.331 e. The Morgan fingerprint density at radius 1 is 1.35 bits per heavy atom. The maximum absolute atomic E-state index is 12.1. The highest BCUT2D eigenvalue weighted by Gasteiger charge is 2.43. The van der Waals surface area contributed by atoms with Crippen LogP contribution in [0.4, 0.5) is 0 Å². The number of aliphatic carboxylic acids is 1.